The Kier molecular flexibility index (Phi) is 4.67. The molecular formula is C22H13ClFNO3. The van der Waals surface area contributed by atoms with E-state index in [2.05, 4.69) is 5.32 Å². The molecule has 4 nitrogen and oxygen atoms in total. The highest BCUT2D eigenvalue weighted by atomic mass is 35.5. The van der Waals surface area contributed by atoms with Gasteiger partial charge in [0, 0.05) is 21.5 Å². The molecule has 0 fully saturated rings. The second kappa shape index (κ2) is 7.29. The molecule has 0 unspecified atom stereocenters. The predicted molar refractivity (Wildman–Crippen MR) is 105 cm³/mol. The molecule has 1 heterocycles. The van der Waals surface area contributed by atoms with Gasteiger partial charge in [0.15, 0.2) is 5.76 Å². The second-order valence-electron chi connectivity index (χ2n) is 6.10. The van der Waals surface area contributed by atoms with Gasteiger partial charge < -0.3 is 9.73 Å². The van der Waals surface area contributed by atoms with Crippen molar-refractivity contribution in [2.75, 3.05) is 5.32 Å². The molecule has 0 spiro atoms. The van der Waals surface area contributed by atoms with Crippen molar-refractivity contribution < 1.29 is 18.4 Å². The number of amides is 1. The van der Waals surface area contributed by atoms with E-state index in [9.17, 15) is 14.0 Å². The summed E-state index contributed by atoms with van der Waals surface area (Å²) in [7, 11) is 0. The van der Waals surface area contributed by atoms with Crippen molar-refractivity contribution in [1.82, 2.24) is 0 Å². The molecule has 4 rings (SSSR count). The van der Waals surface area contributed by atoms with Crippen LogP contribution in [-0.2, 0) is 0 Å². The number of fused-ring (bicyclic) bond motifs is 1. The van der Waals surface area contributed by atoms with Crippen molar-refractivity contribution in [2.24, 2.45) is 0 Å². The van der Waals surface area contributed by atoms with Crippen LogP contribution in [0.5, 0.6) is 0 Å². The lowest BCUT2D eigenvalue weighted by Crippen LogP contribution is -2.14. The van der Waals surface area contributed by atoms with E-state index in [-0.39, 0.29) is 17.0 Å². The summed E-state index contributed by atoms with van der Waals surface area (Å²) in [6.45, 7) is 0. The number of furan rings is 1. The molecule has 0 radical (unpaired) electrons. The number of halogens is 2. The van der Waals surface area contributed by atoms with Gasteiger partial charge in [0.25, 0.3) is 5.91 Å². The van der Waals surface area contributed by atoms with Gasteiger partial charge in [-0.3, -0.25) is 9.59 Å². The van der Waals surface area contributed by atoms with Crippen LogP contribution in [0.2, 0.25) is 5.02 Å². The minimum atomic E-state index is -0.456. The Hall–Kier alpha value is -3.44. The van der Waals surface area contributed by atoms with Crippen LogP contribution >= 0.6 is 11.6 Å². The summed E-state index contributed by atoms with van der Waals surface area (Å²) >= 11 is 5.86. The van der Waals surface area contributed by atoms with Crippen LogP contribution in [0.25, 0.3) is 11.0 Å². The average molecular weight is 394 g/mol. The fourth-order valence-corrected chi connectivity index (χ4v) is 2.97. The standard InChI is InChI=1S/C22H13ClFNO3/c23-15-9-5-14(6-10-15)22(27)25-19-17-3-1-2-4-18(17)28-21(19)20(26)13-7-11-16(24)12-8-13/h1-12H,(H,25,27). The average Bonchev–Trinajstić information content (AvgIpc) is 3.07. The largest absolute Gasteiger partial charge is 0.450 e. The van der Waals surface area contributed by atoms with Crippen molar-refractivity contribution in [3.63, 3.8) is 0 Å². The first-order chi connectivity index (χ1) is 13.5. The Labute approximate surface area is 164 Å². The molecule has 1 aromatic heterocycles. The fourth-order valence-electron chi connectivity index (χ4n) is 2.85. The number of anilines is 1. The van der Waals surface area contributed by atoms with Crippen LogP contribution in [0.3, 0.4) is 0 Å². The van der Waals surface area contributed by atoms with E-state index in [1.807, 2.05) is 0 Å². The van der Waals surface area contributed by atoms with Gasteiger partial charge >= 0.3 is 0 Å². The van der Waals surface area contributed by atoms with Gasteiger partial charge in [-0.15, -0.1) is 0 Å². The van der Waals surface area contributed by atoms with Gasteiger partial charge in [0.2, 0.25) is 5.78 Å². The summed E-state index contributed by atoms with van der Waals surface area (Å²) in [6, 6.07) is 18.5. The molecule has 0 atom stereocenters. The third-order valence-electron chi connectivity index (χ3n) is 4.25. The minimum absolute atomic E-state index is 0.0184. The monoisotopic (exact) mass is 393 g/mol. The van der Waals surface area contributed by atoms with Crippen LogP contribution in [0.4, 0.5) is 10.1 Å². The quantitative estimate of drug-likeness (QED) is 0.452. The Bertz CT molecular complexity index is 1180. The van der Waals surface area contributed by atoms with E-state index in [0.29, 0.717) is 21.6 Å². The zero-order chi connectivity index (χ0) is 19.7. The first-order valence-corrected chi connectivity index (χ1v) is 8.79. The van der Waals surface area contributed by atoms with E-state index in [0.717, 1.165) is 0 Å². The lowest BCUT2D eigenvalue weighted by Gasteiger charge is -2.06. The third kappa shape index (κ3) is 3.40. The first kappa shape index (κ1) is 17.9. The van der Waals surface area contributed by atoms with Crippen LogP contribution in [-0.4, -0.2) is 11.7 Å². The number of benzene rings is 3. The zero-order valence-electron chi connectivity index (χ0n) is 14.4. The van der Waals surface area contributed by atoms with Crippen LogP contribution in [0.15, 0.2) is 77.2 Å². The maximum Gasteiger partial charge on any atom is 0.255 e. The van der Waals surface area contributed by atoms with Crippen LogP contribution in [0, 0.1) is 5.82 Å². The number of carbonyl (C=O) groups is 2. The summed E-state index contributed by atoms with van der Waals surface area (Å²) in [6.07, 6.45) is 0. The Balaban J connectivity index is 1.77. The smallest absolute Gasteiger partial charge is 0.255 e. The zero-order valence-corrected chi connectivity index (χ0v) is 15.2. The van der Waals surface area contributed by atoms with Crippen LogP contribution in [0.1, 0.15) is 26.5 Å². The highest BCUT2D eigenvalue weighted by Crippen LogP contribution is 2.33. The van der Waals surface area contributed by atoms with Gasteiger partial charge in [-0.1, -0.05) is 23.7 Å². The maximum atomic E-state index is 13.2. The molecule has 4 aromatic rings. The molecule has 6 heteroatoms. The van der Waals surface area contributed by atoms with Crippen molar-refractivity contribution in [3.8, 4) is 0 Å². The normalized spacial score (nSPS) is 10.8. The van der Waals surface area contributed by atoms with Crippen molar-refractivity contribution >= 4 is 39.9 Å². The van der Waals surface area contributed by atoms with Crippen molar-refractivity contribution in [2.45, 2.75) is 0 Å². The highest BCUT2D eigenvalue weighted by molar-refractivity contribution is 6.30. The maximum absolute atomic E-state index is 13.2. The van der Waals surface area contributed by atoms with E-state index in [1.54, 1.807) is 48.5 Å². The van der Waals surface area contributed by atoms with E-state index in [1.165, 1.54) is 24.3 Å². The number of ketones is 1. The lowest BCUT2D eigenvalue weighted by molar-refractivity contribution is 0.101. The van der Waals surface area contributed by atoms with Gasteiger partial charge in [0.1, 0.15) is 11.4 Å². The number of hydrogen-bond acceptors (Lipinski definition) is 3. The molecule has 28 heavy (non-hydrogen) atoms. The molecule has 0 aliphatic rings. The molecule has 0 saturated carbocycles. The molecule has 0 aliphatic carbocycles. The molecule has 138 valence electrons. The highest BCUT2D eigenvalue weighted by Gasteiger charge is 2.23. The minimum Gasteiger partial charge on any atom is -0.450 e. The lowest BCUT2D eigenvalue weighted by atomic mass is 10.1. The molecule has 3 aromatic carbocycles. The van der Waals surface area contributed by atoms with Gasteiger partial charge in [-0.25, -0.2) is 4.39 Å². The molecule has 1 N–H and O–H groups in total. The van der Waals surface area contributed by atoms with Gasteiger partial charge in [-0.2, -0.15) is 0 Å². The molecule has 0 bridgehead atoms. The van der Waals surface area contributed by atoms with Gasteiger partial charge in [0.05, 0.1) is 5.69 Å². The molecular weight excluding hydrogens is 381 g/mol. The third-order valence-corrected chi connectivity index (χ3v) is 4.51. The Morgan fingerprint density at radius 1 is 0.857 bits per heavy atom. The summed E-state index contributed by atoms with van der Waals surface area (Å²) in [4.78, 5) is 25.6. The first-order valence-electron chi connectivity index (χ1n) is 8.41. The summed E-state index contributed by atoms with van der Waals surface area (Å²) in [5.74, 6) is -1.33. The molecule has 0 aliphatic heterocycles. The van der Waals surface area contributed by atoms with Gasteiger partial charge in [-0.05, 0) is 60.7 Å². The molecule has 0 saturated heterocycles. The van der Waals surface area contributed by atoms with Crippen molar-refractivity contribution in [1.29, 1.82) is 0 Å². The van der Waals surface area contributed by atoms with E-state index < -0.39 is 17.5 Å². The van der Waals surface area contributed by atoms with Crippen LogP contribution < -0.4 is 5.32 Å². The Morgan fingerprint density at radius 2 is 1.50 bits per heavy atom. The second-order valence-corrected chi connectivity index (χ2v) is 6.54. The summed E-state index contributed by atoms with van der Waals surface area (Å²) < 4.78 is 18.9. The number of carbonyl (C=O) groups excluding carboxylic acids is 2. The number of rotatable bonds is 4. The topological polar surface area (TPSA) is 59.3 Å². The number of hydrogen-bond donors (Lipinski definition) is 1. The number of nitrogens with one attached hydrogen (secondary N) is 1. The SMILES string of the molecule is O=C(Nc1c(C(=O)c2ccc(F)cc2)oc2ccccc12)c1ccc(Cl)cc1. The summed E-state index contributed by atoms with van der Waals surface area (Å²) in [5, 5.41) is 3.87. The fraction of sp³-hybridized carbons (Fsp3) is 0. The number of para-hydroxylation sites is 1. The van der Waals surface area contributed by atoms with E-state index >= 15 is 0 Å². The Morgan fingerprint density at radius 3 is 2.21 bits per heavy atom. The summed E-state index contributed by atoms with van der Waals surface area (Å²) in [5.41, 5.74) is 1.36. The van der Waals surface area contributed by atoms with Crippen molar-refractivity contribution in [3.05, 3.63) is 101 Å². The predicted octanol–water partition coefficient (Wildman–Crippen LogP) is 5.71. The molecule has 1 amide bonds. The van der Waals surface area contributed by atoms with E-state index in [4.69, 9.17) is 16.0 Å².